The van der Waals surface area contributed by atoms with E-state index in [-0.39, 0.29) is 6.09 Å². The summed E-state index contributed by atoms with van der Waals surface area (Å²) in [5.41, 5.74) is 7.26. The molecule has 2 bridgehead atoms. The minimum Gasteiger partial charge on any atom is -0.444 e. The van der Waals surface area contributed by atoms with Crippen LogP contribution in [0.5, 0.6) is 0 Å². The summed E-state index contributed by atoms with van der Waals surface area (Å²) in [5, 5.41) is 8.85. The molecular formula is C20H32N6O3. The van der Waals surface area contributed by atoms with E-state index in [2.05, 4.69) is 26.1 Å². The van der Waals surface area contributed by atoms with Gasteiger partial charge in [0.1, 0.15) is 11.3 Å². The minimum atomic E-state index is -0.484. The van der Waals surface area contributed by atoms with E-state index in [4.69, 9.17) is 15.2 Å². The molecule has 4 rings (SSSR count). The third-order valence-corrected chi connectivity index (χ3v) is 5.67. The Labute approximate surface area is 172 Å². The highest BCUT2D eigenvalue weighted by atomic mass is 16.6. The number of nitrogens with zero attached hydrogens (tertiary/aromatic N) is 5. The monoisotopic (exact) mass is 404 g/mol. The van der Waals surface area contributed by atoms with Gasteiger partial charge in [0.05, 0.1) is 17.9 Å². The van der Waals surface area contributed by atoms with Gasteiger partial charge in [-0.15, -0.1) is 10.2 Å². The summed E-state index contributed by atoms with van der Waals surface area (Å²) in [6.45, 7) is 10.4. The van der Waals surface area contributed by atoms with Gasteiger partial charge in [-0.05, 0) is 33.6 Å². The van der Waals surface area contributed by atoms with Crippen molar-refractivity contribution in [3.63, 3.8) is 0 Å². The number of hydrogen-bond acceptors (Lipinski definition) is 8. The topological polar surface area (TPSA) is 97.0 Å². The first-order valence-corrected chi connectivity index (χ1v) is 10.5. The number of rotatable bonds is 3. The van der Waals surface area contributed by atoms with Crippen molar-refractivity contribution in [1.29, 1.82) is 0 Å². The molecule has 29 heavy (non-hydrogen) atoms. The van der Waals surface area contributed by atoms with Crippen molar-refractivity contribution < 1.29 is 14.3 Å². The second kappa shape index (κ2) is 7.95. The molecule has 2 N–H and O–H groups in total. The summed E-state index contributed by atoms with van der Waals surface area (Å²) in [5.74, 6) is 0.881. The van der Waals surface area contributed by atoms with Gasteiger partial charge < -0.3 is 29.9 Å². The number of carbonyl (C=O) groups is 1. The third-order valence-electron chi connectivity index (χ3n) is 5.67. The molecule has 2 unspecified atom stereocenters. The molecule has 160 valence electrons. The molecule has 9 heteroatoms. The van der Waals surface area contributed by atoms with Gasteiger partial charge in [-0.25, -0.2) is 4.79 Å². The Bertz CT molecular complexity index is 732. The summed E-state index contributed by atoms with van der Waals surface area (Å²) >= 11 is 0. The number of nitrogens with two attached hydrogens (primary N) is 1. The van der Waals surface area contributed by atoms with Crippen molar-refractivity contribution in [2.75, 3.05) is 49.1 Å². The molecule has 0 radical (unpaired) electrons. The standard InChI is InChI=1S/C20H32N6O3/c1-20(2,3)29-19(27)25-8-6-24(7-9-25)17-10-18(23-22-16(17)11-21)26-12-14-4-5-15(13-26)28-14/h10,14-15H,4-9,11-13,21H2,1-3H3. The molecule has 1 amide bonds. The lowest BCUT2D eigenvalue weighted by molar-refractivity contribution is 0.0240. The van der Waals surface area contributed by atoms with Gasteiger partial charge in [0, 0.05) is 51.9 Å². The molecule has 1 aromatic heterocycles. The lowest BCUT2D eigenvalue weighted by Gasteiger charge is -2.38. The first-order chi connectivity index (χ1) is 13.8. The van der Waals surface area contributed by atoms with Crippen LogP contribution in [-0.2, 0) is 16.0 Å². The second-order valence-electron chi connectivity index (χ2n) is 9.06. The zero-order valence-electron chi connectivity index (χ0n) is 17.6. The Balaban J connectivity index is 1.45. The Morgan fingerprint density at radius 3 is 2.38 bits per heavy atom. The number of aromatic nitrogens is 2. The molecular weight excluding hydrogens is 372 g/mol. The number of amides is 1. The average molecular weight is 405 g/mol. The summed E-state index contributed by atoms with van der Waals surface area (Å²) in [6, 6.07) is 2.10. The first-order valence-electron chi connectivity index (χ1n) is 10.5. The van der Waals surface area contributed by atoms with E-state index in [1.165, 1.54) is 0 Å². The van der Waals surface area contributed by atoms with Crippen molar-refractivity contribution >= 4 is 17.6 Å². The van der Waals surface area contributed by atoms with Crippen molar-refractivity contribution in [2.24, 2.45) is 5.73 Å². The van der Waals surface area contributed by atoms with E-state index in [1.54, 1.807) is 4.90 Å². The average Bonchev–Trinajstić information content (AvgIpc) is 3.04. The van der Waals surface area contributed by atoms with E-state index in [0.29, 0.717) is 44.9 Å². The molecule has 9 nitrogen and oxygen atoms in total. The van der Waals surface area contributed by atoms with Crippen LogP contribution in [0.4, 0.5) is 16.3 Å². The van der Waals surface area contributed by atoms with E-state index in [0.717, 1.165) is 43.1 Å². The van der Waals surface area contributed by atoms with Crippen LogP contribution in [0.25, 0.3) is 0 Å². The van der Waals surface area contributed by atoms with E-state index >= 15 is 0 Å². The fraction of sp³-hybridized carbons (Fsp3) is 0.750. The van der Waals surface area contributed by atoms with Crippen LogP contribution in [0.2, 0.25) is 0 Å². The smallest absolute Gasteiger partial charge is 0.410 e. The highest BCUT2D eigenvalue weighted by Crippen LogP contribution is 2.31. The number of anilines is 2. The Kier molecular flexibility index (Phi) is 5.52. The van der Waals surface area contributed by atoms with Gasteiger partial charge in [0.25, 0.3) is 0 Å². The van der Waals surface area contributed by atoms with Gasteiger partial charge in [-0.1, -0.05) is 0 Å². The Morgan fingerprint density at radius 1 is 1.14 bits per heavy atom. The van der Waals surface area contributed by atoms with Crippen LogP contribution in [0.15, 0.2) is 6.07 Å². The molecule has 3 aliphatic rings. The van der Waals surface area contributed by atoms with Crippen LogP contribution in [0.1, 0.15) is 39.3 Å². The van der Waals surface area contributed by atoms with Gasteiger partial charge in [-0.2, -0.15) is 0 Å². The summed E-state index contributed by atoms with van der Waals surface area (Å²) in [4.78, 5) is 18.6. The maximum Gasteiger partial charge on any atom is 0.410 e. The second-order valence-corrected chi connectivity index (χ2v) is 9.06. The molecule has 2 atom stereocenters. The van der Waals surface area contributed by atoms with E-state index in [9.17, 15) is 4.79 Å². The molecule has 0 aromatic carbocycles. The summed E-state index contributed by atoms with van der Waals surface area (Å²) in [6.07, 6.45) is 2.58. The van der Waals surface area contributed by atoms with Crippen LogP contribution in [0.3, 0.4) is 0 Å². The number of piperazine rings is 1. The molecule has 3 fully saturated rings. The molecule has 3 saturated heterocycles. The SMILES string of the molecule is CC(C)(C)OC(=O)N1CCN(c2cc(N3CC4CCC(C3)O4)nnc2CN)CC1. The maximum atomic E-state index is 12.3. The lowest BCUT2D eigenvalue weighted by atomic mass is 10.2. The molecule has 0 spiro atoms. The number of carbonyl (C=O) groups excluding carboxylic acids is 1. The molecule has 1 aromatic rings. The highest BCUT2D eigenvalue weighted by molar-refractivity contribution is 5.69. The predicted octanol–water partition coefficient (Wildman–Crippen LogP) is 1.36. The van der Waals surface area contributed by atoms with Crippen molar-refractivity contribution in [1.82, 2.24) is 15.1 Å². The van der Waals surface area contributed by atoms with E-state index < -0.39 is 5.60 Å². The fourth-order valence-electron chi connectivity index (χ4n) is 4.23. The summed E-state index contributed by atoms with van der Waals surface area (Å²) in [7, 11) is 0. The molecule has 3 aliphatic heterocycles. The van der Waals surface area contributed by atoms with Crippen molar-refractivity contribution in [2.45, 2.75) is 58.0 Å². The molecule has 4 heterocycles. The van der Waals surface area contributed by atoms with Gasteiger partial charge in [-0.3, -0.25) is 0 Å². The minimum absolute atomic E-state index is 0.256. The maximum absolute atomic E-state index is 12.3. The fourth-order valence-corrected chi connectivity index (χ4v) is 4.23. The molecule has 0 saturated carbocycles. The first kappa shape index (κ1) is 20.2. The highest BCUT2D eigenvalue weighted by Gasteiger charge is 2.35. The van der Waals surface area contributed by atoms with Crippen LogP contribution >= 0.6 is 0 Å². The molecule has 0 aliphatic carbocycles. The summed E-state index contributed by atoms with van der Waals surface area (Å²) < 4.78 is 11.4. The van der Waals surface area contributed by atoms with Crippen molar-refractivity contribution in [3.05, 3.63) is 11.8 Å². The normalized spacial score (nSPS) is 24.8. The lowest BCUT2D eigenvalue weighted by Crippen LogP contribution is -2.50. The zero-order chi connectivity index (χ0) is 20.6. The number of hydrogen-bond donors (Lipinski definition) is 1. The predicted molar refractivity (Wildman–Crippen MR) is 110 cm³/mol. The van der Waals surface area contributed by atoms with E-state index in [1.807, 2.05) is 20.8 Å². The third kappa shape index (κ3) is 4.56. The van der Waals surface area contributed by atoms with Crippen LogP contribution < -0.4 is 15.5 Å². The zero-order valence-corrected chi connectivity index (χ0v) is 17.6. The number of fused-ring (bicyclic) bond motifs is 2. The number of morpholine rings is 1. The quantitative estimate of drug-likeness (QED) is 0.807. The van der Waals surface area contributed by atoms with Crippen LogP contribution in [-0.4, -0.2) is 78.3 Å². The Morgan fingerprint density at radius 2 is 1.79 bits per heavy atom. The van der Waals surface area contributed by atoms with Gasteiger partial charge >= 0.3 is 6.09 Å². The van der Waals surface area contributed by atoms with Gasteiger partial charge in [0.2, 0.25) is 0 Å². The largest absolute Gasteiger partial charge is 0.444 e. The van der Waals surface area contributed by atoms with Crippen molar-refractivity contribution in [3.8, 4) is 0 Å². The van der Waals surface area contributed by atoms with Gasteiger partial charge in [0.15, 0.2) is 5.82 Å². The number of ether oxygens (including phenoxy) is 2. The Hall–Kier alpha value is -2.13. The van der Waals surface area contributed by atoms with Crippen LogP contribution in [0, 0.1) is 0 Å².